The number of carbonyl (C=O) groups is 2. The average molecular weight is 1200 g/mol. The zero-order valence-electron chi connectivity index (χ0n) is 56.5. The molecule has 87 heavy (non-hydrogen) atoms. The van der Waals surface area contributed by atoms with E-state index in [-0.39, 0.29) is 91.4 Å². The quantitative estimate of drug-likeness (QED) is 0.0800. The fourth-order valence-corrected chi connectivity index (χ4v) is 23.7. The van der Waals surface area contributed by atoms with Crippen LogP contribution in [-0.2, 0) is 27.2 Å². The van der Waals surface area contributed by atoms with Gasteiger partial charge in [-0.2, -0.15) is 0 Å². The van der Waals surface area contributed by atoms with E-state index in [9.17, 15) is 30.0 Å². The number of allylic oxidation sites excluding steroid dienone is 4. The van der Waals surface area contributed by atoms with E-state index < -0.39 is 16.8 Å². The van der Waals surface area contributed by atoms with Crippen LogP contribution in [-0.4, -0.2) is 73.1 Å². The van der Waals surface area contributed by atoms with Crippen molar-refractivity contribution in [1.29, 1.82) is 0 Å². The molecule has 10 aliphatic carbocycles. The lowest BCUT2D eigenvalue weighted by Crippen LogP contribution is -2.65. The molecule has 7 N–H and O–H groups in total. The van der Waals surface area contributed by atoms with Gasteiger partial charge in [-0.15, -0.1) is 0 Å². The highest BCUT2D eigenvalue weighted by molar-refractivity contribution is 5.79. The molecule has 8 fully saturated rings. The summed E-state index contributed by atoms with van der Waals surface area (Å²) in [5, 5.41) is 69.0. The van der Waals surface area contributed by atoms with Crippen LogP contribution in [0.25, 0.3) is 0 Å². The number of phenols is 3. The van der Waals surface area contributed by atoms with Gasteiger partial charge in [-0.05, 0) is 266 Å². The van der Waals surface area contributed by atoms with Crippen LogP contribution < -0.4 is 0 Å². The molecule has 0 saturated heterocycles. The van der Waals surface area contributed by atoms with Crippen LogP contribution in [0.1, 0.15) is 229 Å². The monoisotopic (exact) mass is 1200 g/mol. The van der Waals surface area contributed by atoms with Gasteiger partial charge in [0.25, 0.3) is 0 Å². The normalized spacial score (nSPS) is 44.5. The first kappa shape index (κ1) is 66.1. The van der Waals surface area contributed by atoms with E-state index in [1.54, 1.807) is 17.7 Å². The Hall–Kier alpha value is -3.86. The maximum Gasteiger partial charge on any atom is 0.312 e. The van der Waals surface area contributed by atoms with Crippen LogP contribution in [0.4, 0.5) is 0 Å². The van der Waals surface area contributed by atoms with E-state index in [0.29, 0.717) is 72.5 Å². The fraction of sp³-hybridized carbons (Fsp3) is 0.766. The molecule has 0 unspecified atom stereocenters. The number of aryl methyl sites for hydroxylation is 1. The summed E-state index contributed by atoms with van der Waals surface area (Å²) in [5.41, 5.74) is 5.71. The third-order valence-corrected chi connectivity index (χ3v) is 30.1. The van der Waals surface area contributed by atoms with E-state index in [0.717, 1.165) is 107 Å². The second-order valence-electron chi connectivity index (χ2n) is 34.0. The molecule has 12 rings (SSSR count). The van der Waals surface area contributed by atoms with Crippen molar-refractivity contribution in [1.82, 2.24) is 0 Å². The predicted octanol–water partition coefficient (Wildman–Crippen LogP) is 16.5. The third kappa shape index (κ3) is 10.0. The van der Waals surface area contributed by atoms with Crippen molar-refractivity contribution >= 4 is 11.9 Å². The van der Waals surface area contributed by atoms with Crippen LogP contribution in [0, 0.1) is 120 Å². The highest BCUT2D eigenvalue weighted by Crippen LogP contribution is 2.78. The predicted molar refractivity (Wildman–Crippen MR) is 346 cm³/mol. The molecule has 10 heteroatoms. The van der Waals surface area contributed by atoms with Gasteiger partial charge in [-0.1, -0.05) is 138 Å². The molecular weight excluding hydrogens is 1080 g/mol. The Morgan fingerprint density at radius 3 is 1.44 bits per heavy atom. The van der Waals surface area contributed by atoms with Gasteiger partial charge in [-0.3, -0.25) is 9.59 Å². The number of rotatable bonds is 7. The number of aliphatic hydroxyl groups is 3. The highest BCUT2D eigenvalue weighted by Gasteiger charge is 2.72. The molecule has 10 aliphatic rings. The average Bonchev–Trinajstić information content (AvgIpc) is 0.698. The van der Waals surface area contributed by atoms with E-state index in [1.165, 1.54) is 43.4 Å². The third-order valence-electron chi connectivity index (χ3n) is 30.1. The molecule has 2 aromatic rings. The number of carboxylic acids is 1. The summed E-state index contributed by atoms with van der Waals surface area (Å²) < 4.78 is 6.19. The summed E-state index contributed by atoms with van der Waals surface area (Å²) in [7, 11) is 0. The van der Waals surface area contributed by atoms with Crippen LogP contribution in [0.2, 0.25) is 0 Å². The van der Waals surface area contributed by atoms with Gasteiger partial charge in [0.2, 0.25) is 0 Å². The van der Waals surface area contributed by atoms with Gasteiger partial charge in [0, 0.05) is 13.0 Å². The minimum absolute atomic E-state index is 0.0153. The van der Waals surface area contributed by atoms with Gasteiger partial charge in [0.05, 0.1) is 29.6 Å². The first-order valence-electron chi connectivity index (χ1n) is 34.7. The van der Waals surface area contributed by atoms with Crippen molar-refractivity contribution in [3.05, 3.63) is 76.4 Å². The maximum absolute atomic E-state index is 14.3. The van der Waals surface area contributed by atoms with Crippen LogP contribution in [0.3, 0.4) is 0 Å². The topological polar surface area (TPSA) is 185 Å². The molecule has 20 atom stereocenters. The van der Waals surface area contributed by atoms with E-state index in [4.69, 9.17) is 20.1 Å². The smallest absolute Gasteiger partial charge is 0.312 e. The minimum Gasteiger partial charge on any atom is -0.508 e. The lowest BCUT2D eigenvalue weighted by molar-refractivity contribution is -0.207. The second-order valence-corrected chi connectivity index (χ2v) is 34.0. The van der Waals surface area contributed by atoms with E-state index >= 15 is 0 Å². The summed E-state index contributed by atoms with van der Waals surface area (Å²) >= 11 is 0. The highest BCUT2D eigenvalue weighted by atomic mass is 16.5. The Morgan fingerprint density at radius 1 is 0.517 bits per heavy atom. The molecule has 0 aromatic heterocycles. The van der Waals surface area contributed by atoms with Crippen molar-refractivity contribution in [3.8, 4) is 17.2 Å². The van der Waals surface area contributed by atoms with E-state index in [2.05, 4.69) is 109 Å². The number of esters is 1. The molecule has 0 radical (unpaired) electrons. The number of benzene rings is 2. The molecule has 0 amide bonds. The Kier molecular flexibility index (Phi) is 17.5. The molecule has 0 spiro atoms. The molecule has 0 bridgehead atoms. The Morgan fingerprint density at radius 2 is 0.966 bits per heavy atom. The summed E-state index contributed by atoms with van der Waals surface area (Å²) in [4.78, 5) is 27.1. The molecule has 0 aliphatic heterocycles. The van der Waals surface area contributed by atoms with E-state index in [1.807, 2.05) is 19.1 Å². The first-order valence-corrected chi connectivity index (χ1v) is 34.7. The number of hydrogen-bond donors (Lipinski definition) is 7. The minimum atomic E-state index is -0.557. The van der Waals surface area contributed by atoms with Gasteiger partial charge in [0.15, 0.2) is 11.5 Å². The standard InChI is InChI=1S/C39H58O4.C30H48O3.C8H10O3/c1-24-13-19-39(34(42)43-22-16-27-10-9-25(2)29(40)23-27)21-20-37(7)28(33(39)26(24)3)11-12-31-36(6)17-15-32(41)35(4,5)30(36)14-18-38(31,37)8;1-18-10-15-30(25(32)33)17-16-28(6)20(24(30)19(18)2)8-9-22-27(5)13-12-23(31)26(3,4)21(27)11-14-29(22,28)7;9-4-3-6-1-2-7(10)8(11)5-6/h9-11,23-24,26,30-33,40-41H,12-22H2,1-8H3;8,18-19,21-24,31H,9-17H2,1-7H3,(H,32,33);1-2,5,9-11H,3-4H2/t24-,26+,30+,31+,32+,33+,36+,37-,38-,39+;18-,19+,21+,22+,23+,24+,27+,28-,29-,30+;/m11./s1. The maximum atomic E-state index is 14.3. The van der Waals surface area contributed by atoms with Crippen molar-refractivity contribution in [2.75, 3.05) is 13.2 Å². The SMILES string of the molecule is C[C@H]1[C@H](C)CC[C@]2(C(=O)O)CC[C@]3(C)C(=CC[C@H]4[C@@]5(C)CC[C@H](O)C(C)(C)[C@@H]5CC[C@]43C)[C@H]12.Cc1ccc(CCOC(=O)[C@]23CC[C@@H](C)[C@H](C)[C@H]2C2=CC[C@H]4[C@@]5(C)CC[C@H](O)C(C)(C)[C@@H]5CC[C@@]4(C)[C@]2(C)CC3)cc1O.OCCc1ccc(O)c(O)c1. The van der Waals surface area contributed by atoms with Gasteiger partial charge < -0.3 is 40.5 Å². The van der Waals surface area contributed by atoms with Gasteiger partial charge in [0.1, 0.15) is 5.75 Å². The summed E-state index contributed by atoms with van der Waals surface area (Å²) in [6.07, 6.45) is 24.7. The summed E-state index contributed by atoms with van der Waals surface area (Å²) in [5.74, 6) is 4.27. The lowest BCUT2D eigenvalue weighted by Gasteiger charge is -2.71. The lowest BCUT2D eigenvalue weighted by atomic mass is 9.33. The Labute approximate surface area is 524 Å². The molecule has 2 aromatic carbocycles. The number of fused-ring (bicyclic) bond motifs is 14. The Balaban J connectivity index is 0.000000168. The number of aromatic hydroxyl groups is 3. The number of carbonyl (C=O) groups excluding carboxylic acids is 1. The largest absolute Gasteiger partial charge is 0.508 e. The number of aliphatic carboxylic acids is 1. The van der Waals surface area contributed by atoms with Gasteiger partial charge in [-0.25, -0.2) is 0 Å². The summed E-state index contributed by atoms with van der Waals surface area (Å²) in [6, 6.07) is 10.2. The number of phenolic OH excluding ortho intramolecular Hbond substituents is 3. The van der Waals surface area contributed by atoms with Crippen LogP contribution in [0.15, 0.2) is 59.7 Å². The molecule has 10 nitrogen and oxygen atoms in total. The Bertz CT molecular complexity index is 2980. The zero-order valence-corrected chi connectivity index (χ0v) is 56.5. The number of aliphatic hydroxyl groups excluding tert-OH is 3. The molecular formula is C77H116O10. The fourth-order valence-electron chi connectivity index (χ4n) is 23.7. The number of ether oxygens (including phenoxy) is 1. The van der Waals surface area contributed by atoms with Crippen molar-refractivity contribution in [3.63, 3.8) is 0 Å². The molecule has 0 heterocycles. The first-order chi connectivity index (χ1) is 40.6. The number of hydrogen-bond acceptors (Lipinski definition) is 9. The molecule has 8 saturated carbocycles. The number of carboxylic acid groups (broad SMARTS) is 1. The summed E-state index contributed by atoms with van der Waals surface area (Å²) in [6.45, 7) is 36.5. The van der Waals surface area contributed by atoms with Crippen LogP contribution in [0.5, 0.6) is 17.2 Å². The van der Waals surface area contributed by atoms with Gasteiger partial charge >= 0.3 is 11.9 Å². The van der Waals surface area contributed by atoms with Crippen molar-refractivity contribution in [2.24, 2.45) is 113 Å². The van der Waals surface area contributed by atoms with Crippen LogP contribution >= 0.6 is 0 Å². The molecule has 484 valence electrons. The van der Waals surface area contributed by atoms with Crippen molar-refractivity contribution < 1.29 is 50.1 Å². The van der Waals surface area contributed by atoms with Crippen molar-refractivity contribution in [2.45, 2.75) is 244 Å². The zero-order chi connectivity index (χ0) is 63.6. The second kappa shape index (κ2) is 23.1.